The fourth-order valence-corrected chi connectivity index (χ4v) is 3.80. The smallest absolute Gasteiger partial charge is 0.245 e. The molecule has 0 saturated heterocycles. The highest BCUT2D eigenvalue weighted by atomic mass is 32.2. The average molecular weight is 389 g/mol. The number of carbonyl (C=O) groups is 1. The molecule has 0 aromatic heterocycles. The van der Waals surface area contributed by atoms with E-state index in [1.165, 1.54) is 5.56 Å². The molecule has 27 heavy (non-hydrogen) atoms. The molecule has 0 saturated carbocycles. The van der Waals surface area contributed by atoms with Crippen LogP contribution >= 0.6 is 0 Å². The van der Waals surface area contributed by atoms with E-state index in [4.69, 9.17) is 0 Å². The molecule has 146 valence electrons. The zero-order chi connectivity index (χ0) is 20.0. The molecule has 0 aliphatic rings. The molecule has 0 aliphatic carbocycles. The molecule has 0 aliphatic heterocycles. The molecule has 1 N–H and O–H groups in total. The van der Waals surface area contributed by atoms with Crippen LogP contribution in [0.3, 0.4) is 0 Å². The Morgan fingerprint density at radius 1 is 1.04 bits per heavy atom. The van der Waals surface area contributed by atoms with E-state index in [-0.39, 0.29) is 12.5 Å². The van der Waals surface area contributed by atoms with Gasteiger partial charge in [-0.05, 0) is 67.6 Å². The van der Waals surface area contributed by atoms with Gasteiger partial charge in [-0.15, -0.1) is 0 Å². The summed E-state index contributed by atoms with van der Waals surface area (Å²) in [6.45, 7) is 5.69. The Morgan fingerprint density at radius 2 is 1.63 bits per heavy atom. The van der Waals surface area contributed by atoms with Crippen molar-refractivity contribution < 1.29 is 13.2 Å². The second-order valence-electron chi connectivity index (χ2n) is 6.96. The Bertz CT molecular complexity index is 870. The third-order valence-electron chi connectivity index (χ3n) is 4.24. The van der Waals surface area contributed by atoms with Crippen LogP contribution in [0, 0.1) is 13.8 Å². The lowest BCUT2D eigenvalue weighted by Gasteiger charge is -2.23. The maximum atomic E-state index is 12.5. The highest BCUT2D eigenvalue weighted by Crippen LogP contribution is 2.21. The lowest BCUT2D eigenvalue weighted by Crippen LogP contribution is -2.37. The van der Waals surface area contributed by atoms with Crippen LogP contribution in [0.2, 0.25) is 0 Å². The molecular formula is C21H28N2O3S. The largest absolute Gasteiger partial charge is 0.325 e. The fraction of sp³-hybridized carbons (Fsp3) is 0.381. The Morgan fingerprint density at radius 3 is 2.15 bits per heavy atom. The summed E-state index contributed by atoms with van der Waals surface area (Å²) in [6.07, 6.45) is 4.39. The molecule has 0 fully saturated rings. The lowest BCUT2D eigenvalue weighted by atomic mass is 10.1. The monoisotopic (exact) mass is 388 g/mol. The van der Waals surface area contributed by atoms with Gasteiger partial charge in [-0.25, -0.2) is 8.42 Å². The van der Waals surface area contributed by atoms with Crippen LogP contribution in [0.15, 0.2) is 42.5 Å². The molecule has 1 amide bonds. The summed E-state index contributed by atoms with van der Waals surface area (Å²) >= 11 is 0. The number of rotatable bonds is 8. The molecule has 2 rings (SSSR count). The van der Waals surface area contributed by atoms with E-state index in [9.17, 15) is 13.2 Å². The predicted octanol–water partition coefficient (Wildman–Crippen LogP) is 4.05. The van der Waals surface area contributed by atoms with Gasteiger partial charge in [0.1, 0.15) is 6.54 Å². The van der Waals surface area contributed by atoms with Crippen LogP contribution in [0.1, 0.15) is 36.5 Å². The van der Waals surface area contributed by atoms with Gasteiger partial charge in [-0.2, -0.15) is 0 Å². The molecule has 0 unspecified atom stereocenters. The minimum Gasteiger partial charge on any atom is -0.325 e. The van der Waals surface area contributed by atoms with Crippen molar-refractivity contribution in [1.82, 2.24) is 0 Å². The number of hydrogen-bond acceptors (Lipinski definition) is 3. The van der Waals surface area contributed by atoms with Gasteiger partial charge in [0, 0.05) is 5.69 Å². The standard InChI is InChI=1S/C21H28N2O3S/c1-5-6-7-18-8-10-19(11-9-18)22-21(24)15-23(27(4,25)26)20-13-16(2)12-17(3)14-20/h8-14H,5-7,15H2,1-4H3,(H,22,24). The van der Waals surface area contributed by atoms with E-state index in [0.29, 0.717) is 11.4 Å². The number of nitrogens with zero attached hydrogens (tertiary/aromatic N) is 1. The van der Waals surface area contributed by atoms with Crippen molar-refractivity contribution in [1.29, 1.82) is 0 Å². The van der Waals surface area contributed by atoms with E-state index < -0.39 is 10.0 Å². The zero-order valence-corrected chi connectivity index (χ0v) is 17.3. The van der Waals surface area contributed by atoms with E-state index in [2.05, 4.69) is 12.2 Å². The van der Waals surface area contributed by atoms with Crippen molar-refractivity contribution in [3.8, 4) is 0 Å². The number of anilines is 2. The van der Waals surface area contributed by atoms with Crippen molar-refractivity contribution in [2.75, 3.05) is 22.4 Å². The van der Waals surface area contributed by atoms with Crippen molar-refractivity contribution in [3.05, 3.63) is 59.2 Å². The number of carbonyl (C=O) groups excluding carboxylic acids is 1. The van der Waals surface area contributed by atoms with Gasteiger partial charge in [0.2, 0.25) is 15.9 Å². The van der Waals surface area contributed by atoms with E-state index in [1.807, 2.05) is 44.2 Å². The summed E-state index contributed by atoms with van der Waals surface area (Å²) in [7, 11) is -3.58. The lowest BCUT2D eigenvalue weighted by molar-refractivity contribution is -0.114. The predicted molar refractivity (Wildman–Crippen MR) is 112 cm³/mol. The summed E-state index contributed by atoms with van der Waals surface area (Å²) < 4.78 is 25.6. The van der Waals surface area contributed by atoms with Crippen LogP contribution in [0.4, 0.5) is 11.4 Å². The van der Waals surface area contributed by atoms with Crippen LogP contribution in [0.5, 0.6) is 0 Å². The fourth-order valence-electron chi connectivity index (χ4n) is 2.96. The Balaban J connectivity index is 2.12. The van der Waals surface area contributed by atoms with Crippen molar-refractivity contribution in [2.45, 2.75) is 40.0 Å². The quantitative estimate of drug-likeness (QED) is 0.742. The Kier molecular flexibility index (Phi) is 7.02. The number of aryl methyl sites for hydroxylation is 3. The maximum Gasteiger partial charge on any atom is 0.245 e. The molecule has 2 aromatic rings. The number of hydrogen-bond donors (Lipinski definition) is 1. The number of benzene rings is 2. The Labute approximate surface area is 162 Å². The highest BCUT2D eigenvalue weighted by molar-refractivity contribution is 7.92. The minimum atomic E-state index is -3.58. The molecular weight excluding hydrogens is 360 g/mol. The summed E-state index contributed by atoms with van der Waals surface area (Å²) in [5.41, 5.74) is 4.28. The summed E-state index contributed by atoms with van der Waals surface area (Å²) in [6, 6.07) is 13.2. The first-order chi connectivity index (χ1) is 12.7. The van der Waals surface area contributed by atoms with Gasteiger partial charge < -0.3 is 5.32 Å². The molecule has 0 atom stereocenters. The molecule has 0 heterocycles. The molecule has 0 radical (unpaired) electrons. The molecule has 2 aromatic carbocycles. The van der Waals surface area contributed by atoms with Gasteiger partial charge in [0.15, 0.2) is 0 Å². The van der Waals surface area contributed by atoms with Gasteiger partial charge in [-0.1, -0.05) is 31.5 Å². The summed E-state index contributed by atoms with van der Waals surface area (Å²) in [4.78, 5) is 12.5. The second kappa shape index (κ2) is 9.04. The van der Waals surface area contributed by atoms with Crippen LogP contribution in [0.25, 0.3) is 0 Å². The van der Waals surface area contributed by atoms with Crippen LogP contribution in [-0.4, -0.2) is 27.1 Å². The second-order valence-corrected chi connectivity index (χ2v) is 8.87. The SMILES string of the molecule is CCCCc1ccc(NC(=O)CN(c2cc(C)cc(C)c2)S(C)(=O)=O)cc1. The maximum absolute atomic E-state index is 12.5. The van der Waals surface area contributed by atoms with Crippen molar-refractivity contribution in [3.63, 3.8) is 0 Å². The van der Waals surface area contributed by atoms with Crippen molar-refractivity contribution >= 4 is 27.3 Å². The highest BCUT2D eigenvalue weighted by Gasteiger charge is 2.21. The topological polar surface area (TPSA) is 66.5 Å². The van der Waals surface area contributed by atoms with Gasteiger partial charge in [0.25, 0.3) is 0 Å². The molecule has 0 spiro atoms. The first-order valence-electron chi connectivity index (χ1n) is 9.14. The minimum absolute atomic E-state index is 0.265. The van der Waals surface area contributed by atoms with E-state index in [0.717, 1.165) is 41.0 Å². The Hall–Kier alpha value is -2.34. The summed E-state index contributed by atoms with van der Waals surface area (Å²) in [5.74, 6) is -0.374. The number of unbranched alkanes of at least 4 members (excludes halogenated alkanes) is 1. The van der Waals surface area contributed by atoms with Gasteiger partial charge in [0.05, 0.1) is 11.9 Å². The van der Waals surface area contributed by atoms with Crippen LogP contribution < -0.4 is 9.62 Å². The van der Waals surface area contributed by atoms with Crippen molar-refractivity contribution in [2.24, 2.45) is 0 Å². The van der Waals surface area contributed by atoms with Gasteiger partial charge >= 0.3 is 0 Å². The third-order valence-corrected chi connectivity index (χ3v) is 5.38. The first-order valence-corrected chi connectivity index (χ1v) is 11.0. The zero-order valence-electron chi connectivity index (χ0n) is 16.5. The molecule has 0 bridgehead atoms. The van der Waals surface area contributed by atoms with E-state index >= 15 is 0 Å². The number of sulfonamides is 1. The summed E-state index contributed by atoms with van der Waals surface area (Å²) in [5, 5.41) is 2.78. The van der Waals surface area contributed by atoms with Gasteiger partial charge in [-0.3, -0.25) is 9.10 Å². The first kappa shape index (κ1) is 21.0. The van der Waals surface area contributed by atoms with E-state index in [1.54, 1.807) is 12.1 Å². The normalized spacial score (nSPS) is 11.3. The molecule has 6 heteroatoms. The molecule has 5 nitrogen and oxygen atoms in total. The van der Waals surface area contributed by atoms with Crippen LogP contribution in [-0.2, 0) is 21.2 Å². The average Bonchev–Trinajstić information content (AvgIpc) is 2.57. The third kappa shape index (κ3) is 6.40. The number of amides is 1. The number of nitrogens with one attached hydrogen (secondary N) is 1.